The van der Waals surface area contributed by atoms with Crippen LogP contribution in [0.3, 0.4) is 0 Å². The van der Waals surface area contributed by atoms with E-state index in [9.17, 15) is 24.6 Å². The minimum atomic E-state index is -1.30. The van der Waals surface area contributed by atoms with E-state index in [-0.39, 0.29) is 36.3 Å². The Bertz CT molecular complexity index is 2660. The monoisotopic (exact) mass is 930 g/mol. The van der Waals surface area contributed by atoms with Gasteiger partial charge < -0.3 is 51.8 Å². The van der Waals surface area contributed by atoms with Crippen molar-refractivity contribution >= 4 is 63.4 Å². The molecule has 9 N–H and O–H groups in total. The Labute approximate surface area is 394 Å². The number of carbonyl (C=O) groups is 3. The predicted molar refractivity (Wildman–Crippen MR) is 261 cm³/mol. The normalized spacial score (nSPS) is 17.0. The fourth-order valence-electron chi connectivity index (χ4n) is 8.42. The molecule has 1 amide bonds. The molecule has 2 aromatic carbocycles. The number of aliphatic hydroxyl groups excluding tert-OH is 1. The number of aliphatic hydroxyl groups is 1. The lowest BCUT2D eigenvalue weighted by atomic mass is 9.93. The number of hydrogen-bond acceptors (Lipinski definition) is 16. The quantitative estimate of drug-likeness (QED) is 0.0605. The van der Waals surface area contributed by atoms with Crippen LogP contribution in [0.4, 0.5) is 23.4 Å². The predicted octanol–water partition coefficient (Wildman–Crippen LogP) is 4.80. The molecule has 1 aliphatic carbocycles. The van der Waals surface area contributed by atoms with E-state index in [1.54, 1.807) is 18.3 Å². The van der Waals surface area contributed by atoms with Crippen LogP contribution in [-0.4, -0.2) is 136 Å². The van der Waals surface area contributed by atoms with Gasteiger partial charge in [0.05, 0.1) is 24.5 Å². The Morgan fingerprint density at radius 2 is 1.62 bits per heavy atom. The highest BCUT2D eigenvalue weighted by Gasteiger charge is 2.25. The second kappa shape index (κ2) is 22.6. The Morgan fingerprint density at radius 1 is 0.897 bits per heavy atom. The molecule has 2 aliphatic rings. The Kier molecular flexibility index (Phi) is 16.3. The number of benzene rings is 2. The van der Waals surface area contributed by atoms with E-state index in [2.05, 4.69) is 94.4 Å². The largest absolute Gasteiger partial charge is 0.481 e. The minimum Gasteiger partial charge on any atom is -0.481 e. The van der Waals surface area contributed by atoms with E-state index in [0.717, 1.165) is 94.5 Å². The number of fused-ring (bicyclic) bond motifs is 2. The molecular weight excluding hydrogens is 869 g/mol. The lowest BCUT2D eigenvalue weighted by Gasteiger charge is -2.32. The van der Waals surface area contributed by atoms with Crippen molar-refractivity contribution in [3.8, 4) is 11.1 Å². The first-order chi connectivity index (χ1) is 32.7. The van der Waals surface area contributed by atoms with E-state index in [1.807, 2.05) is 18.1 Å². The third kappa shape index (κ3) is 12.7. The summed E-state index contributed by atoms with van der Waals surface area (Å²) in [6.07, 6.45) is 11.0. The fraction of sp³-hybridized carbons (Fsp3) is 0.438. The van der Waals surface area contributed by atoms with Gasteiger partial charge >= 0.3 is 11.9 Å². The zero-order valence-corrected chi connectivity index (χ0v) is 38.9. The lowest BCUT2D eigenvalue weighted by Crippen LogP contribution is -2.43. The molecule has 4 aromatic heterocycles. The number of carboxylic acids is 2. The van der Waals surface area contributed by atoms with Crippen LogP contribution in [-0.2, 0) is 22.7 Å². The number of nitrogens with one attached hydrogen (secondary N) is 2. The van der Waals surface area contributed by atoms with Crippen LogP contribution in [0.1, 0.15) is 85.9 Å². The second-order valence-electron chi connectivity index (χ2n) is 17.6. The van der Waals surface area contributed by atoms with Crippen molar-refractivity contribution in [3.63, 3.8) is 0 Å². The summed E-state index contributed by atoms with van der Waals surface area (Å²) in [5, 5.41) is 34.8. The van der Waals surface area contributed by atoms with Crippen molar-refractivity contribution < 1.29 is 29.7 Å². The molecule has 8 rings (SSSR count). The summed E-state index contributed by atoms with van der Waals surface area (Å²) in [7, 11) is 4.02. The van der Waals surface area contributed by atoms with Crippen LogP contribution < -0.4 is 27.0 Å². The number of nitrogens with zero attached hydrogens (tertiary/aromatic N) is 10. The first-order valence-corrected chi connectivity index (χ1v) is 23.2. The van der Waals surface area contributed by atoms with Gasteiger partial charge in [-0.25, -0.2) is 19.7 Å². The Morgan fingerprint density at radius 3 is 2.29 bits per heavy atom. The number of aliphatic carboxylic acids is 2. The molecule has 5 heterocycles. The molecule has 0 bridgehead atoms. The molecule has 2 fully saturated rings. The van der Waals surface area contributed by atoms with Gasteiger partial charge in [0.1, 0.15) is 11.7 Å². The van der Waals surface area contributed by atoms with Gasteiger partial charge in [-0.15, -0.1) is 0 Å². The second-order valence-corrected chi connectivity index (χ2v) is 17.6. The number of piperazine rings is 1. The maximum Gasteiger partial charge on any atom is 0.326 e. The van der Waals surface area contributed by atoms with E-state index in [4.69, 9.17) is 21.6 Å². The molecule has 0 unspecified atom stereocenters. The van der Waals surface area contributed by atoms with Crippen LogP contribution in [0, 0.1) is 0 Å². The SMILES string of the molecule is CCCCNc1ncc2c(-c3ccc(CN4CCN(C)CC4)cc3)cn(C3CCC(O)CC3)c2n1.CN(Cc1cnc2nc(N)nc(N)c2n1)c1ccc(C(=O)N[C@@H](CCC(=O)O)C(=O)O)cc1. The zero-order valence-electron chi connectivity index (χ0n) is 38.9. The molecular formula is C48H62N14O6. The molecule has 20 heteroatoms. The number of carboxylic acid groups (broad SMARTS) is 2. The summed E-state index contributed by atoms with van der Waals surface area (Å²) < 4.78 is 2.35. The fourth-order valence-corrected chi connectivity index (χ4v) is 8.42. The van der Waals surface area contributed by atoms with Gasteiger partial charge in [0, 0.05) is 93.4 Å². The van der Waals surface area contributed by atoms with Gasteiger partial charge in [-0.1, -0.05) is 37.6 Å². The number of carbonyl (C=O) groups excluding carboxylic acids is 1. The number of aromatic nitrogens is 7. The number of nitrogen functional groups attached to an aromatic ring is 2. The number of likely N-dealkylation sites (N-methyl/N-ethyl adjacent to an activating group) is 1. The summed E-state index contributed by atoms with van der Waals surface area (Å²) in [4.78, 5) is 67.2. The highest BCUT2D eigenvalue weighted by molar-refractivity contribution is 5.97. The van der Waals surface area contributed by atoms with Crippen molar-refractivity contribution in [2.75, 3.05) is 68.5 Å². The summed E-state index contributed by atoms with van der Waals surface area (Å²) in [5.74, 6) is -2.20. The summed E-state index contributed by atoms with van der Waals surface area (Å²) in [5.41, 5.74) is 18.4. The number of amides is 1. The Balaban J connectivity index is 0.000000202. The molecule has 1 atom stereocenters. The van der Waals surface area contributed by atoms with E-state index in [0.29, 0.717) is 35.4 Å². The topological polar surface area (TPSA) is 280 Å². The summed E-state index contributed by atoms with van der Waals surface area (Å²) in [6.45, 7) is 9.01. The van der Waals surface area contributed by atoms with Crippen molar-refractivity contribution in [2.24, 2.45) is 0 Å². The molecule has 1 aliphatic heterocycles. The van der Waals surface area contributed by atoms with Crippen molar-refractivity contribution in [3.05, 3.63) is 83.9 Å². The smallest absolute Gasteiger partial charge is 0.326 e. The highest BCUT2D eigenvalue weighted by atomic mass is 16.4. The molecule has 20 nitrogen and oxygen atoms in total. The number of anilines is 4. The average molecular weight is 931 g/mol. The molecule has 68 heavy (non-hydrogen) atoms. The molecule has 1 saturated heterocycles. The van der Waals surface area contributed by atoms with Gasteiger partial charge in [-0.2, -0.15) is 15.0 Å². The highest BCUT2D eigenvalue weighted by Crippen LogP contribution is 2.37. The van der Waals surface area contributed by atoms with Crippen LogP contribution in [0.2, 0.25) is 0 Å². The van der Waals surface area contributed by atoms with Crippen LogP contribution in [0.5, 0.6) is 0 Å². The molecule has 0 radical (unpaired) electrons. The van der Waals surface area contributed by atoms with Gasteiger partial charge in [0.25, 0.3) is 5.91 Å². The van der Waals surface area contributed by atoms with Gasteiger partial charge in [0.2, 0.25) is 11.9 Å². The third-order valence-electron chi connectivity index (χ3n) is 12.4. The number of rotatable bonds is 17. The molecule has 360 valence electrons. The summed E-state index contributed by atoms with van der Waals surface area (Å²) >= 11 is 0. The van der Waals surface area contributed by atoms with Crippen molar-refractivity contribution in [1.82, 2.24) is 49.6 Å². The standard InChI is InChI=1S/C28H40N6O.C20H22N8O5/c1-3-4-13-29-28-30-18-25-26(20-34(27(25)31-28)23-9-11-24(35)12-10-23)22-7-5-21(6-8-22)19-33-16-14-32(2)15-17-33;1-28(9-11-8-23-17-15(24-11)16(21)26-20(22)27-17)12-4-2-10(3-5-12)18(31)25-13(19(32)33)6-7-14(29)30/h5-8,18,20,23-24,35H,3-4,9-17,19H2,1-2H3,(H,29,30,31);2-5,8,13H,6-7,9H2,1H3,(H,25,31)(H,29,30)(H,32,33)(H4,21,22,23,26,27)/t;13-/m.0/s1. The first kappa shape index (κ1) is 48.9. The number of unbranched alkanes of at least 4 members (excludes halogenated alkanes) is 1. The zero-order chi connectivity index (χ0) is 48.3. The number of hydrogen-bond donors (Lipinski definition) is 7. The molecule has 0 spiro atoms. The summed E-state index contributed by atoms with van der Waals surface area (Å²) in [6, 6.07) is 14.6. The number of nitrogens with two attached hydrogens (primary N) is 2. The van der Waals surface area contributed by atoms with Crippen LogP contribution in [0.15, 0.2) is 67.1 Å². The maximum absolute atomic E-state index is 12.4. The van der Waals surface area contributed by atoms with E-state index in [1.165, 1.54) is 28.8 Å². The van der Waals surface area contributed by atoms with E-state index < -0.39 is 23.9 Å². The molecule has 1 saturated carbocycles. The lowest BCUT2D eigenvalue weighted by molar-refractivity contribution is -0.140. The van der Waals surface area contributed by atoms with Crippen molar-refractivity contribution in [2.45, 2.75) is 89.6 Å². The van der Waals surface area contributed by atoms with Gasteiger partial charge in [0.15, 0.2) is 17.0 Å². The Hall–Kier alpha value is -7.03. The maximum atomic E-state index is 12.4. The van der Waals surface area contributed by atoms with Crippen LogP contribution >= 0.6 is 0 Å². The van der Waals surface area contributed by atoms with Gasteiger partial charge in [-0.05, 0) is 81.0 Å². The molecule has 6 aromatic rings. The minimum absolute atomic E-state index is 0.0138. The van der Waals surface area contributed by atoms with Crippen molar-refractivity contribution in [1.29, 1.82) is 0 Å². The van der Waals surface area contributed by atoms with E-state index >= 15 is 0 Å². The van der Waals surface area contributed by atoms with Crippen LogP contribution in [0.25, 0.3) is 33.3 Å². The van der Waals surface area contributed by atoms with Gasteiger partial charge in [-0.3, -0.25) is 14.5 Å². The third-order valence-corrected chi connectivity index (χ3v) is 12.4. The average Bonchev–Trinajstić information content (AvgIpc) is 3.70. The first-order valence-electron chi connectivity index (χ1n) is 23.2.